The second kappa shape index (κ2) is 17.8. The van der Waals surface area contributed by atoms with Gasteiger partial charge in [-0.2, -0.15) is 0 Å². The van der Waals surface area contributed by atoms with Crippen molar-refractivity contribution in [2.45, 2.75) is 63.8 Å². The number of benzene rings is 1. The summed E-state index contributed by atoms with van der Waals surface area (Å²) in [5, 5.41) is 47.4. The normalized spacial score (nSPS) is 13.8. The average Bonchev–Trinajstić information content (AvgIpc) is 2.90. The maximum atomic E-state index is 12.8. The van der Waals surface area contributed by atoms with Gasteiger partial charge in [0, 0.05) is 6.42 Å². The minimum Gasteiger partial charge on any atom is -0.445 e. The lowest BCUT2D eigenvalue weighted by molar-refractivity contribution is -0.134. The van der Waals surface area contributed by atoms with E-state index in [-0.39, 0.29) is 31.8 Å². The summed E-state index contributed by atoms with van der Waals surface area (Å²) in [6.07, 6.45) is -1.40. The molecule has 0 spiro atoms. The molecule has 0 saturated heterocycles. The lowest BCUT2D eigenvalue weighted by Crippen LogP contribution is -2.59. The predicted octanol–water partition coefficient (Wildman–Crippen LogP) is -2.96. The molecule has 15 nitrogen and oxygen atoms in total. The third kappa shape index (κ3) is 12.9. The molecular weight excluding hydrogens is 529 g/mol. The van der Waals surface area contributed by atoms with Crippen LogP contribution in [0.4, 0.5) is 4.79 Å². The molecule has 40 heavy (non-hydrogen) atoms. The number of carbonyl (C=O) groups is 5. The number of aliphatic hydroxyl groups is 2. The maximum Gasteiger partial charge on any atom is 0.475 e. The second-order valence-electron chi connectivity index (χ2n) is 9.41. The van der Waals surface area contributed by atoms with Crippen molar-refractivity contribution in [2.75, 3.05) is 13.2 Å². The Labute approximate surface area is 232 Å². The first-order valence-corrected chi connectivity index (χ1v) is 12.6. The number of rotatable bonds is 17. The van der Waals surface area contributed by atoms with Gasteiger partial charge in [-0.1, -0.05) is 44.2 Å². The number of alkyl carbamates (subject to hydrolysis) is 1. The summed E-state index contributed by atoms with van der Waals surface area (Å²) in [4.78, 5) is 61.5. The van der Waals surface area contributed by atoms with E-state index in [9.17, 15) is 44.2 Å². The first kappa shape index (κ1) is 34.3. The molecule has 0 heterocycles. The van der Waals surface area contributed by atoms with E-state index in [0.717, 1.165) is 0 Å². The maximum absolute atomic E-state index is 12.8. The van der Waals surface area contributed by atoms with Crippen LogP contribution in [0, 0.1) is 5.92 Å². The minimum absolute atomic E-state index is 0.0246. The molecule has 5 amide bonds. The number of carbonyl (C=O) groups excluding carboxylic acids is 5. The molecule has 0 aliphatic heterocycles. The molecule has 0 aliphatic rings. The molecule has 1 aromatic carbocycles. The highest BCUT2D eigenvalue weighted by atomic mass is 16.5. The second-order valence-corrected chi connectivity index (χ2v) is 9.41. The Morgan fingerprint density at radius 3 is 1.88 bits per heavy atom. The summed E-state index contributed by atoms with van der Waals surface area (Å²) in [6, 6.07) is 4.12. The molecule has 1 aromatic rings. The van der Waals surface area contributed by atoms with Crippen molar-refractivity contribution in [1.82, 2.24) is 21.3 Å². The molecular formula is C24H38BN5O10. The quantitative estimate of drug-likeness (QED) is 0.0865. The van der Waals surface area contributed by atoms with E-state index in [1.54, 1.807) is 44.2 Å². The van der Waals surface area contributed by atoms with Crippen LogP contribution in [0.15, 0.2) is 30.3 Å². The lowest BCUT2D eigenvalue weighted by Gasteiger charge is -2.26. The van der Waals surface area contributed by atoms with Crippen molar-refractivity contribution in [3.05, 3.63) is 35.9 Å². The fourth-order valence-electron chi connectivity index (χ4n) is 3.44. The van der Waals surface area contributed by atoms with Crippen molar-refractivity contribution in [3.8, 4) is 0 Å². The van der Waals surface area contributed by atoms with Crippen LogP contribution in [0.2, 0.25) is 0 Å². The highest BCUT2D eigenvalue weighted by Gasteiger charge is 2.32. The van der Waals surface area contributed by atoms with E-state index in [0.29, 0.717) is 5.56 Å². The Hall–Kier alpha value is -3.73. The highest BCUT2D eigenvalue weighted by Crippen LogP contribution is 2.08. The van der Waals surface area contributed by atoms with E-state index in [2.05, 4.69) is 21.3 Å². The standard InChI is InChI=1S/C24H38BN5O10/c1-14(2)10-19(25(38)39)30-21(34)16(8-9-20(26)33)27-22(35)17(11-31)28-23(36)18(12-32)29-24(37)40-13-15-6-4-3-5-7-15/h3-7,14,16-19,31-32,38-39H,8-13H2,1-2H3,(H2,26,33)(H,27,35)(H,28,36)(H,29,37)(H,30,34)/t16-,17-,18-,19-/m0/s1. The molecule has 10 N–H and O–H groups in total. The van der Waals surface area contributed by atoms with E-state index in [4.69, 9.17) is 10.5 Å². The van der Waals surface area contributed by atoms with Gasteiger partial charge in [0.2, 0.25) is 23.6 Å². The summed E-state index contributed by atoms with van der Waals surface area (Å²) in [6.45, 7) is 1.69. The number of aliphatic hydroxyl groups excluding tert-OH is 2. The molecule has 0 fully saturated rings. The molecule has 1 rings (SSSR count). The van der Waals surface area contributed by atoms with E-state index >= 15 is 0 Å². The highest BCUT2D eigenvalue weighted by molar-refractivity contribution is 6.43. The predicted molar refractivity (Wildman–Crippen MR) is 142 cm³/mol. The average molecular weight is 567 g/mol. The topological polar surface area (TPSA) is 250 Å². The van der Waals surface area contributed by atoms with Crippen LogP contribution >= 0.6 is 0 Å². The Morgan fingerprint density at radius 1 is 0.850 bits per heavy atom. The first-order valence-electron chi connectivity index (χ1n) is 12.6. The van der Waals surface area contributed by atoms with Gasteiger partial charge in [0.1, 0.15) is 24.7 Å². The van der Waals surface area contributed by atoms with Gasteiger partial charge in [0.15, 0.2) is 0 Å². The van der Waals surface area contributed by atoms with Crippen molar-refractivity contribution in [1.29, 1.82) is 0 Å². The van der Waals surface area contributed by atoms with Crippen molar-refractivity contribution in [2.24, 2.45) is 11.7 Å². The van der Waals surface area contributed by atoms with Gasteiger partial charge in [-0.25, -0.2) is 4.79 Å². The number of nitrogens with one attached hydrogen (secondary N) is 4. The Kier molecular flexibility index (Phi) is 15.2. The molecule has 0 bridgehead atoms. The van der Waals surface area contributed by atoms with Crippen LogP contribution in [0.1, 0.15) is 38.7 Å². The zero-order chi connectivity index (χ0) is 30.2. The fraction of sp³-hybridized carbons (Fsp3) is 0.542. The van der Waals surface area contributed by atoms with Crippen LogP contribution < -0.4 is 27.0 Å². The summed E-state index contributed by atoms with van der Waals surface area (Å²) in [5.41, 5.74) is 5.83. The Bertz CT molecular complexity index is 982. The van der Waals surface area contributed by atoms with Crippen LogP contribution in [0.3, 0.4) is 0 Å². The van der Waals surface area contributed by atoms with Crippen LogP contribution in [-0.2, 0) is 30.5 Å². The molecule has 0 aliphatic carbocycles. The lowest BCUT2D eigenvalue weighted by atomic mass is 9.75. The summed E-state index contributed by atoms with van der Waals surface area (Å²) in [5.74, 6) is -4.79. The van der Waals surface area contributed by atoms with Crippen molar-refractivity contribution < 1.29 is 49.0 Å². The molecule has 4 atom stereocenters. The zero-order valence-electron chi connectivity index (χ0n) is 22.4. The van der Waals surface area contributed by atoms with Crippen molar-refractivity contribution in [3.63, 3.8) is 0 Å². The monoisotopic (exact) mass is 567 g/mol. The largest absolute Gasteiger partial charge is 0.475 e. The van der Waals surface area contributed by atoms with E-state index in [1.165, 1.54) is 0 Å². The Balaban J connectivity index is 2.83. The summed E-state index contributed by atoms with van der Waals surface area (Å²) in [7, 11) is -1.90. The number of hydrogen-bond donors (Lipinski definition) is 9. The number of primary amides is 1. The number of ether oxygens (including phenoxy) is 1. The summed E-state index contributed by atoms with van der Waals surface area (Å²) >= 11 is 0. The van der Waals surface area contributed by atoms with Crippen LogP contribution in [0.5, 0.6) is 0 Å². The van der Waals surface area contributed by atoms with Gasteiger partial charge in [-0.3, -0.25) is 19.2 Å². The molecule has 0 saturated carbocycles. The first-order chi connectivity index (χ1) is 18.9. The number of amides is 5. The van der Waals surface area contributed by atoms with E-state index in [1.807, 2.05) is 0 Å². The van der Waals surface area contributed by atoms with E-state index < -0.39 is 74.1 Å². The molecule has 0 radical (unpaired) electrons. The van der Waals surface area contributed by atoms with Gasteiger partial charge in [0.25, 0.3) is 0 Å². The molecule has 16 heteroatoms. The third-order valence-corrected chi connectivity index (χ3v) is 5.54. The van der Waals surface area contributed by atoms with Crippen LogP contribution in [-0.4, -0.2) is 94.4 Å². The fourth-order valence-corrected chi connectivity index (χ4v) is 3.44. The zero-order valence-corrected chi connectivity index (χ0v) is 22.4. The smallest absolute Gasteiger partial charge is 0.445 e. The minimum atomic E-state index is -1.90. The van der Waals surface area contributed by atoms with Gasteiger partial charge in [-0.05, 0) is 24.3 Å². The van der Waals surface area contributed by atoms with Gasteiger partial charge < -0.3 is 52.0 Å². The Morgan fingerprint density at radius 2 is 1.38 bits per heavy atom. The molecule has 0 aromatic heterocycles. The molecule has 0 unspecified atom stereocenters. The summed E-state index contributed by atoms with van der Waals surface area (Å²) < 4.78 is 5.00. The number of nitrogens with two attached hydrogens (primary N) is 1. The third-order valence-electron chi connectivity index (χ3n) is 5.54. The van der Waals surface area contributed by atoms with Crippen molar-refractivity contribution >= 4 is 36.8 Å². The van der Waals surface area contributed by atoms with Gasteiger partial charge in [-0.15, -0.1) is 0 Å². The van der Waals surface area contributed by atoms with Crippen LogP contribution in [0.25, 0.3) is 0 Å². The molecule has 222 valence electrons. The van der Waals surface area contributed by atoms with Gasteiger partial charge in [0.05, 0.1) is 19.2 Å². The number of hydrogen-bond acceptors (Lipinski definition) is 10. The SMILES string of the molecule is CC(C)C[C@H](NC(=O)[C@H](CCC(N)=O)NC(=O)[C@H](CO)NC(=O)[C@H](CO)NC(=O)OCc1ccccc1)B(O)O. The van der Waals surface area contributed by atoms with Gasteiger partial charge >= 0.3 is 13.2 Å².